The van der Waals surface area contributed by atoms with Gasteiger partial charge in [-0.15, -0.1) is 0 Å². The maximum atomic E-state index is 11.3. The van der Waals surface area contributed by atoms with Gasteiger partial charge < -0.3 is 5.32 Å². The van der Waals surface area contributed by atoms with Crippen LogP contribution in [-0.2, 0) is 4.79 Å². The van der Waals surface area contributed by atoms with Gasteiger partial charge in [-0.05, 0) is 31.6 Å². The fraction of sp³-hybridized carbons (Fsp3) is 0.933. The van der Waals surface area contributed by atoms with Crippen LogP contribution in [0, 0.1) is 11.8 Å². The van der Waals surface area contributed by atoms with Gasteiger partial charge in [0.1, 0.15) is 0 Å². The van der Waals surface area contributed by atoms with Crippen molar-refractivity contribution in [3.63, 3.8) is 0 Å². The summed E-state index contributed by atoms with van der Waals surface area (Å²) in [5.74, 6) is 1.42. The zero-order chi connectivity index (χ0) is 13.0. The fourth-order valence-corrected chi connectivity index (χ4v) is 2.04. The summed E-state index contributed by atoms with van der Waals surface area (Å²) in [4.78, 5) is 11.3. The fourth-order valence-electron chi connectivity index (χ4n) is 2.04. The Balaban J connectivity index is -0.000000149. The van der Waals surface area contributed by atoms with Gasteiger partial charge in [0.2, 0.25) is 5.91 Å². The molecule has 1 aliphatic rings. The monoisotopic (exact) mass is 279 g/mol. The SMILES string of the molecule is C.CC.CC.CCC1CCC(C(=O)NC)CC1.P. The van der Waals surface area contributed by atoms with E-state index in [1.807, 2.05) is 27.7 Å². The van der Waals surface area contributed by atoms with Gasteiger partial charge in [0.25, 0.3) is 0 Å². The molecule has 1 atom stereocenters. The minimum atomic E-state index is 0. The van der Waals surface area contributed by atoms with Crippen molar-refractivity contribution in [2.75, 3.05) is 7.05 Å². The molecule has 1 amide bonds. The number of hydrogen-bond donors (Lipinski definition) is 1. The Labute approximate surface area is 119 Å². The highest BCUT2D eigenvalue weighted by atomic mass is 31.0. The van der Waals surface area contributed by atoms with Crippen molar-refractivity contribution in [3.05, 3.63) is 0 Å². The third-order valence-corrected chi connectivity index (χ3v) is 3.04. The zero-order valence-electron chi connectivity index (χ0n) is 12.8. The van der Waals surface area contributed by atoms with Crippen LogP contribution in [0.15, 0.2) is 0 Å². The van der Waals surface area contributed by atoms with Gasteiger partial charge in [-0.3, -0.25) is 4.79 Å². The average molecular weight is 279 g/mol. The standard InChI is InChI=1S/C10H19NO.2C2H6.CH4.H3P/c1-3-8-4-6-9(7-5-8)10(12)11-2;2*1-2;;/h8-9H,3-7H2,1-2H3,(H,11,12);2*1-2H3;1H4;1H3. The molecule has 1 N–H and O–H groups in total. The molecule has 1 fully saturated rings. The molecule has 0 aromatic heterocycles. The second-order valence-electron chi connectivity index (χ2n) is 3.74. The molecule has 0 saturated heterocycles. The van der Waals surface area contributed by atoms with Crippen LogP contribution in [-0.4, -0.2) is 13.0 Å². The molecule has 0 aromatic carbocycles. The van der Waals surface area contributed by atoms with Crippen LogP contribution >= 0.6 is 9.90 Å². The van der Waals surface area contributed by atoms with Gasteiger partial charge in [0.15, 0.2) is 0 Å². The highest BCUT2D eigenvalue weighted by molar-refractivity contribution is 6.92. The van der Waals surface area contributed by atoms with Crippen LogP contribution in [0.5, 0.6) is 0 Å². The molecule has 0 spiro atoms. The maximum absolute atomic E-state index is 11.3. The lowest BCUT2D eigenvalue weighted by molar-refractivity contribution is -0.125. The summed E-state index contributed by atoms with van der Waals surface area (Å²) < 4.78 is 0. The predicted molar refractivity (Wildman–Crippen MR) is 90.3 cm³/mol. The summed E-state index contributed by atoms with van der Waals surface area (Å²) in [6.45, 7) is 10.2. The van der Waals surface area contributed by atoms with E-state index < -0.39 is 0 Å². The highest BCUT2D eigenvalue weighted by Crippen LogP contribution is 2.30. The molecule has 114 valence electrons. The molecule has 1 aliphatic carbocycles. The van der Waals surface area contributed by atoms with E-state index in [0.29, 0.717) is 5.92 Å². The molecule has 3 heteroatoms. The topological polar surface area (TPSA) is 29.1 Å². The molecule has 18 heavy (non-hydrogen) atoms. The van der Waals surface area contributed by atoms with Gasteiger partial charge in [0, 0.05) is 13.0 Å². The molecule has 1 rings (SSSR count). The number of amides is 1. The molecule has 0 radical (unpaired) electrons. The van der Waals surface area contributed by atoms with Gasteiger partial charge in [-0.2, -0.15) is 9.90 Å². The van der Waals surface area contributed by atoms with E-state index in [0.717, 1.165) is 18.8 Å². The number of rotatable bonds is 2. The molecular formula is C15H38NOP. The minimum Gasteiger partial charge on any atom is -0.359 e. The predicted octanol–water partition coefficient (Wildman–Crippen LogP) is 4.70. The van der Waals surface area contributed by atoms with Gasteiger partial charge in [0.05, 0.1) is 0 Å². The Morgan fingerprint density at radius 2 is 1.44 bits per heavy atom. The first-order valence-electron chi connectivity index (χ1n) is 6.99. The Morgan fingerprint density at radius 3 is 1.72 bits per heavy atom. The van der Waals surface area contributed by atoms with Crippen molar-refractivity contribution in [2.45, 2.75) is 74.1 Å². The lowest BCUT2D eigenvalue weighted by atomic mass is 9.80. The first-order valence-corrected chi connectivity index (χ1v) is 6.99. The zero-order valence-corrected chi connectivity index (χ0v) is 14.2. The largest absolute Gasteiger partial charge is 0.359 e. The van der Waals surface area contributed by atoms with Gasteiger partial charge in [-0.25, -0.2) is 0 Å². The second-order valence-corrected chi connectivity index (χ2v) is 3.74. The molecule has 2 nitrogen and oxygen atoms in total. The Kier molecular flexibility index (Phi) is 28.3. The number of hydrogen-bond acceptors (Lipinski definition) is 1. The summed E-state index contributed by atoms with van der Waals surface area (Å²) in [6.07, 6.45) is 5.96. The lowest BCUT2D eigenvalue weighted by Gasteiger charge is -2.26. The third-order valence-electron chi connectivity index (χ3n) is 3.04. The number of carbonyl (C=O) groups excluding carboxylic acids is 1. The summed E-state index contributed by atoms with van der Waals surface area (Å²) in [6, 6.07) is 0. The normalized spacial score (nSPS) is 20.6. The van der Waals surface area contributed by atoms with Crippen molar-refractivity contribution in [1.82, 2.24) is 5.32 Å². The van der Waals surface area contributed by atoms with Crippen molar-refractivity contribution in [2.24, 2.45) is 11.8 Å². The molecule has 0 aromatic rings. The van der Waals surface area contributed by atoms with Crippen LogP contribution in [0.3, 0.4) is 0 Å². The molecule has 0 heterocycles. The Bertz CT molecular complexity index is 155. The third kappa shape index (κ3) is 11.0. The lowest BCUT2D eigenvalue weighted by Crippen LogP contribution is -2.30. The second kappa shape index (κ2) is 19.2. The Morgan fingerprint density at radius 1 is 1.06 bits per heavy atom. The highest BCUT2D eigenvalue weighted by Gasteiger charge is 2.24. The van der Waals surface area contributed by atoms with Gasteiger partial charge >= 0.3 is 0 Å². The van der Waals surface area contributed by atoms with Crippen molar-refractivity contribution < 1.29 is 4.79 Å². The van der Waals surface area contributed by atoms with E-state index >= 15 is 0 Å². The number of carbonyl (C=O) groups is 1. The summed E-state index contributed by atoms with van der Waals surface area (Å²) in [5, 5.41) is 2.73. The average Bonchev–Trinajstić information content (AvgIpc) is 2.42. The van der Waals surface area contributed by atoms with Crippen LogP contribution in [0.1, 0.15) is 74.1 Å². The molecule has 1 unspecified atom stereocenters. The van der Waals surface area contributed by atoms with E-state index in [-0.39, 0.29) is 23.2 Å². The smallest absolute Gasteiger partial charge is 0.222 e. The van der Waals surface area contributed by atoms with E-state index in [2.05, 4.69) is 12.2 Å². The van der Waals surface area contributed by atoms with E-state index in [9.17, 15) is 4.79 Å². The van der Waals surface area contributed by atoms with Crippen molar-refractivity contribution in [1.29, 1.82) is 0 Å². The van der Waals surface area contributed by atoms with E-state index in [1.54, 1.807) is 7.05 Å². The summed E-state index contributed by atoms with van der Waals surface area (Å²) >= 11 is 0. The number of nitrogens with one attached hydrogen (secondary N) is 1. The van der Waals surface area contributed by atoms with E-state index in [1.165, 1.54) is 19.3 Å². The quantitative estimate of drug-likeness (QED) is 0.730. The molecule has 1 saturated carbocycles. The van der Waals surface area contributed by atoms with Crippen molar-refractivity contribution in [3.8, 4) is 0 Å². The van der Waals surface area contributed by atoms with Crippen LogP contribution < -0.4 is 5.32 Å². The van der Waals surface area contributed by atoms with Crippen molar-refractivity contribution >= 4 is 15.8 Å². The summed E-state index contributed by atoms with van der Waals surface area (Å²) in [7, 11) is 1.73. The van der Waals surface area contributed by atoms with Crippen LogP contribution in [0.4, 0.5) is 0 Å². The molecule has 0 bridgehead atoms. The summed E-state index contributed by atoms with van der Waals surface area (Å²) in [5.41, 5.74) is 0. The molecule has 0 aliphatic heterocycles. The van der Waals surface area contributed by atoms with E-state index in [4.69, 9.17) is 0 Å². The van der Waals surface area contributed by atoms with Gasteiger partial charge in [-0.1, -0.05) is 48.5 Å². The minimum absolute atomic E-state index is 0. The Hall–Kier alpha value is -0.100. The maximum Gasteiger partial charge on any atom is 0.222 e. The first-order chi connectivity index (χ1) is 7.77. The first kappa shape index (κ1) is 26.5. The van der Waals surface area contributed by atoms with Crippen LogP contribution in [0.2, 0.25) is 0 Å². The molecular weight excluding hydrogens is 241 g/mol. The van der Waals surface area contributed by atoms with Crippen LogP contribution in [0.25, 0.3) is 0 Å².